The van der Waals surface area contributed by atoms with Crippen LogP contribution in [-0.4, -0.2) is 40.5 Å². The summed E-state index contributed by atoms with van der Waals surface area (Å²) in [4.78, 5) is 0. The first-order valence-corrected chi connectivity index (χ1v) is 5.95. The molecule has 1 aromatic carbocycles. The quantitative estimate of drug-likeness (QED) is 0.459. The first-order chi connectivity index (χ1) is 8.95. The minimum atomic E-state index is -4.96. The number of benzene rings is 1. The van der Waals surface area contributed by atoms with Gasteiger partial charge in [0.1, 0.15) is 12.4 Å². The molecular formula is C12H17BF3KO3. The molecule has 0 aliphatic carbocycles. The molecule has 0 amide bonds. The summed E-state index contributed by atoms with van der Waals surface area (Å²) in [5.74, 6) is 0.444. The van der Waals surface area contributed by atoms with Crippen LogP contribution in [0.15, 0.2) is 18.2 Å². The number of ether oxygens (including phenoxy) is 3. The molecule has 0 fully saturated rings. The van der Waals surface area contributed by atoms with E-state index in [1.807, 2.05) is 0 Å². The topological polar surface area (TPSA) is 27.7 Å². The summed E-state index contributed by atoms with van der Waals surface area (Å²) in [5.41, 5.74) is -0.144. The molecule has 0 bridgehead atoms. The molecule has 1 aromatic rings. The molecule has 0 aliphatic rings. The minimum Gasteiger partial charge on any atom is -0.491 e. The van der Waals surface area contributed by atoms with Gasteiger partial charge in [-0.3, -0.25) is 0 Å². The maximum absolute atomic E-state index is 12.5. The van der Waals surface area contributed by atoms with Crippen molar-refractivity contribution in [2.75, 3.05) is 33.5 Å². The molecule has 0 heterocycles. The number of aryl methyl sites for hydroxylation is 1. The van der Waals surface area contributed by atoms with E-state index in [4.69, 9.17) is 14.2 Å². The van der Waals surface area contributed by atoms with E-state index in [0.717, 1.165) is 12.1 Å². The normalized spacial score (nSPS) is 11.1. The molecule has 20 heavy (non-hydrogen) atoms. The molecular weight excluding hydrogens is 299 g/mol. The summed E-state index contributed by atoms with van der Waals surface area (Å²) in [7, 11) is 1.58. The SMILES string of the molecule is COCCOCCOc1ccc([B-](F)(F)F)cc1C.[K+]. The summed E-state index contributed by atoms with van der Waals surface area (Å²) in [6.07, 6.45) is 0. The third-order valence-corrected chi connectivity index (χ3v) is 2.49. The van der Waals surface area contributed by atoms with Crippen LogP contribution in [0, 0.1) is 6.92 Å². The van der Waals surface area contributed by atoms with E-state index >= 15 is 0 Å². The minimum absolute atomic E-state index is 0. The van der Waals surface area contributed by atoms with Crippen molar-refractivity contribution in [3.05, 3.63) is 23.8 Å². The van der Waals surface area contributed by atoms with Gasteiger partial charge in [-0.15, -0.1) is 5.46 Å². The Balaban J connectivity index is 0.00000361. The zero-order chi connectivity index (χ0) is 14.3. The maximum Gasteiger partial charge on any atom is 1.00 e. The van der Waals surface area contributed by atoms with Crippen molar-refractivity contribution in [1.82, 2.24) is 0 Å². The molecule has 0 aromatic heterocycles. The van der Waals surface area contributed by atoms with E-state index in [0.29, 0.717) is 37.7 Å². The monoisotopic (exact) mass is 316 g/mol. The standard InChI is InChI=1S/C12H17BF3O3.K/c1-10-9-11(13(14,15)16)3-4-12(10)19-8-7-18-6-5-17-2;/h3-4,9H,5-8H2,1-2H3;/q-1;+1. The van der Waals surface area contributed by atoms with Crippen LogP contribution in [-0.2, 0) is 9.47 Å². The van der Waals surface area contributed by atoms with Crippen molar-refractivity contribution in [2.45, 2.75) is 6.92 Å². The first kappa shape index (κ1) is 20.4. The van der Waals surface area contributed by atoms with E-state index in [9.17, 15) is 12.9 Å². The summed E-state index contributed by atoms with van der Waals surface area (Å²) in [6, 6.07) is 3.48. The average molecular weight is 316 g/mol. The Labute approximate surface area is 159 Å². The zero-order valence-corrected chi connectivity index (χ0v) is 15.1. The van der Waals surface area contributed by atoms with Gasteiger partial charge in [-0.1, -0.05) is 12.1 Å². The molecule has 0 saturated heterocycles. The largest absolute Gasteiger partial charge is 1.00 e. The van der Waals surface area contributed by atoms with Crippen LogP contribution in [0.25, 0.3) is 0 Å². The third kappa shape index (κ3) is 7.44. The van der Waals surface area contributed by atoms with Crippen LogP contribution >= 0.6 is 0 Å². The fourth-order valence-electron chi connectivity index (χ4n) is 1.49. The second-order valence-corrected chi connectivity index (χ2v) is 4.05. The number of hydrogen-bond acceptors (Lipinski definition) is 3. The van der Waals surface area contributed by atoms with Crippen molar-refractivity contribution in [1.29, 1.82) is 0 Å². The van der Waals surface area contributed by atoms with Crippen LogP contribution < -0.4 is 61.6 Å². The molecule has 8 heteroatoms. The molecule has 3 nitrogen and oxygen atoms in total. The summed E-state index contributed by atoms with van der Waals surface area (Å²) in [6.45, 7) is -1.74. The number of rotatable bonds is 8. The molecule has 1 rings (SSSR count). The van der Waals surface area contributed by atoms with Crippen LogP contribution in [0.5, 0.6) is 5.75 Å². The summed E-state index contributed by atoms with van der Waals surface area (Å²) < 4.78 is 52.9. The van der Waals surface area contributed by atoms with Gasteiger partial charge in [0.25, 0.3) is 0 Å². The summed E-state index contributed by atoms with van der Waals surface area (Å²) in [5, 5.41) is 0. The average Bonchev–Trinajstić information content (AvgIpc) is 2.34. The molecule has 0 unspecified atom stereocenters. The van der Waals surface area contributed by atoms with Gasteiger partial charge in [0.2, 0.25) is 0 Å². The van der Waals surface area contributed by atoms with Gasteiger partial charge in [0, 0.05) is 7.11 Å². The van der Waals surface area contributed by atoms with E-state index in [-0.39, 0.29) is 51.4 Å². The van der Waals surface area contributed by atoms with Gasteiger partial charge in [-0.05, 0) is 18.6 Å². The zero-order valence-electron chi connectivity index (χ0n) is 12.0. The van der Waals surface area contributed by atoms with E-state index in [1.54, 1.807) is 14.0 Å². The second-order valence-electron chi connectivity index (χ2n) is 4.05. The number of halogens is 3. The fraction of sp³-hybridized carbons (Fsp3) is 0.500. The molecule has 0 N–H and O–H groups in total. The fourth-order valence-corrected chi connectivity index (χ4v) is 1.49. The molecule has 108 valence electrons. The Kier molecular flexibility index (Phi) is 10.4. The number of methoxy groups -OCH3 is 1. The van der Waals surface area contributed by atoms with Crippen molar-refractivity contribution in [3.63, 3.8) is 0 Å². The van der Waals surface area contributed by atoms with Gasteiger partial charge in [0.05, 0.1) is 19.8 Å². The van der Waals surface area contributed by atoms with Crippen LogP contribution in [0.3, 0.4) is 0 Å². The first-order valence-electron chi connectivity index (χ1n) is 5.95. The van der Waals surface area contributed by atoms with Gasteiger partial charge in [0.15, 0.2) is 0 Å². The molecule has 0 aliphatic heterocycles. The van der Waals surface area contributed by atoms with Crippen LogP contribution in [0.4, 0.5) is 12.9 Å². The van der Waals surface area contributed by atoms with E-state index < -0.39 is 12.4 Å². The van der Waals surface area contributed by atoms with Gasteiger partial charge >= 0.3 is 58.4 Å². The Hall–Kier alpha value is 0.431. The summed E-state index contributed by atoms with van der Waals surface area (Å²) >= 11 is 0. The maximum atomic E-state index is 12.5. The molecule has 0 spiro atoms. The Morgan fingerprint density at radius 1 is 1.05 bits per heavy atom. The molecule has 0 atom stereocenters. The Morgan fingerprint density at radius 3 is 2.25 bits per heavy atom. The van der Waals surface area contributed by atoms with Gasteiger partial charge in [-0.2, -0.15) is 0 Å². The van der Waals surface area contributed by atoms with Gasteiger partial charge < -0.3 is 27.2 Å². The van der Waals surface area contributed by atoms with Crippen molar-refractivity contribution in [3.8, 4) is 5.75 Å². The van der Waals surface area contributed by atoms with E-state index in [2.05, 4.69) is 0 Å². The smallest absolute Gasteiger partial charge is 0.491 e. The number of hydrogen-bond donors (Lipinski definition) is 0. The van der Waals surface area contributed by atoms with Crippen molar-refractivity contribution < 1.29 is 78.5 Å². The van der Waals surface area contributed by atoms with Crippen LogP contribution in [0.1, 0.15) is 5.56 Å². The van der Waals surface area contributed by atoms with Gasteiger partial charge in [-0.25, -0.2) is 0 Å². The Bertz CT molecular complexity index is 402. The van der Waals surface area contributed by atoms with Crippen LogP contribution in [0.2, 0.25) is 0 Å². The van der Waals surface area contributed by atoms with Crippen molar-refractivity contribution >= 4 is 12.4 Å². The predicted octanol–water partition coefficient (Wildman–Crippen LogP) is -0.905. The van der Waals surface area contributed by atoms with Crippen molar-refractivity contribution in [2.24, 2.45) is 0 Å². The molecule has 0 saturated carbocycles. The third-order valence-electron chi connectivity index (χ3n) is 2.49. The molecule has 0 radical (unpaired) electrons. The predicted molar refractivity (Wildman–Crippen MR) is 68.1 cm³/mol. The Morgan fingerprint density at radius 2 is 1.70 bits per heavy atom. The van der Waals surface area contributed by atoms with E-state index in [1.165, 1.54) is 6.07 Å². The second kappa shape index (κ2) is 10.2.